The second-order valence-corrected chi connectivity index (χ2v) is 7.77. The molecule has 23 heavy (non-hydrogen) atoms. The zero-order valence-electron chi connectivity index (χ0n) is 16.5. The molecule has 0 aromatic rings. The Morgan fingerprint density at radius 2 is 1.17 bits per heavy atom. The topological polar surface area (TPSA) is 12.5 Å². The van der Waals surface area contributed by atoms with Crippen molar-refractivity contribution in [3.05, 3.63) is 0 Å². The average Bonchev–Trinajstić information content (AvgIpc) is 3.33. The van der Waals surface area contributed by atoms with Crippen molar-refractivity contribution in [3.8, 4) is 0 Å². The lowest BCUT2D eigenvalue weighted by Gasteiger charge is -2.11. The molecule has 0 amide bonds. The summed E-state index contributed by atoms with van der Waals surface area (Å²) in [5.74, 6) is 0.842. The molecule has 3 atom stereocenters. The highest BCUT2D eigenvalue weighted by Crippen LogP contribution is 2.37. The Kier molecular flexibility index (Phi) is 13.1. The number of hydrogen-bond donors (Lipinski definition) is 0. The van der Waals surface area contributed by atoms with Gasteiger partial charge in [-0.15, -0.1) is 0 Å². The van der Waals surface area contributed by atoms with Gasteiger partial charge in [-0.1, -0.05) is 111 Å². The van der Waals surface area contributed by atoms with Gasteiger partial charge in [-0.3, -0.25) is 0 Å². The smallest absolute Gasteiger partial charge is 0.0869 e. The molecule has 0 aromatic heterocycles. The van der Waals surface area contributed by atoms with Gasteiger partial charge in [-0.2, -0.15) is 0 Å². The molecule has 3 unspecified atom stereocenters. The van der Waals surface area contributed by atoms with Crippen LogP contribution in [-0.2, 0) is 4.74 Å². The summed E-state index contributed by atoms with van der Waals surface area (Å²) in [6.45, 7) is 6.93. The van der Waals surface area contributed by atoms with Gasteiger partial charge in [0.25, 0.3) is 0 Å². The number of hydrogen-bond acceptors (Lipinski definition) is 1. The molecule has 0 radical (unpaired) electrons. The molecule has 138 valence electrons. The number of rotatable bonds is 17. The molecule has 0 saturated carbocycles. The maximum absolute atomic E-state index is 5.98. The lowest BCUT2D eigenvalue weighted by Crippen LogP contribution is -2.10. The van der Waals surface area contributed by atoms with E-state index < -0.39 is 0 Å². The van der Waals surface area contributed by atoms with E-state index in [4.69, 9.17) is 4.74 Å². The van der Waals surface area contributed by atoms with E-state index >= 15 is 0 Å². The van der Waals surface area contributed by atoms with Gasteiger partial charge in [0, 0.05) is 0 Å². The van der Waals surface area contributed by atoms with Crippen molar-refractivity contribution >= 4 is 0 Å². The molecule has 0 aromatic carbocycles. The molecule has 1 heteroatoms. The summed E-state index contributed by atoms with van der Waals surface area (Å²) in [6, 6.07) is 0. The molecule has 0 spiro atoms. The standard InChI is InChI=1S/C22H44O/c1-4-7-9-10-11-12-13-14-15-17-19-21-22(23-21)20(6-3)18-16-8-5-2/h20-22H,4-19H2,1-3H3. The van der Waals surface area contributed by atoms with Crippen LogP contribution in [0.3, 0.4) is 0 Å². The Morgan fingerprint density at radius 3 is 1.74 bits per heavy atom. The third-order valence-corrected chi connectivity index (χ3v) is 5.63. The van der Waals surface area contributed by atoms with Crippen LogP contribution in [0, 0.1) is 5.92 Å². The summed E-state index contributed by atoms with van der Waals surface area (Å²) >= 11 is 0. The molecule has 1 nitrogen and oxygen atoms in total. The van der Waals surface area contributed by atoms with Gasteiger partial charge in [0.05, 0.1) is 12.2 Å². The van der Waals surface area contributed by atoms with Gasteiger partial charge in [0.2, 0.25) is 0 Å². The van der Waals surface area contributed by atoms with Crippen molar-refractivity contribution in [2.75, 3.05) is 0 Å². The van der Waals surface area contributed by atoms with Crippen LogP contribution in [0.15, 0.2) is 0 Å². The number of ether oxygens (including phenoxy) is 1. The highest BCUT2D eigenvalue weighted by atomic mass is 16.6. The minimum Gasteiger partial charge on any atom is -0.369 e. The summed E-state index contributed by atoms with van der Waals surface area (Å²) in [5.41, 5.74) is 0. The van der Waals surface area contributed by atoms with Crippen LogP contribution in [0.25, 0.3) is 0 Å². The van der Waals surface area contributed by atoms with Gasteiger partial charge in [0.1, 0.15) is 0 Å². The maximum atomic E-state index is 5.98. The molecule has 1 aliphatic rings. The molecule has 0 aliphatic carbocycles. The lowest BCUT2D eigenvalue weighted by molar-refractivity contribution is 0.291. The van der Waals surface area contributed by atoms with Crippen LogP contribution in [0.4, 0.5) is 0 Å². The summed E-state index contributed by atoms with van der Waals surface area (Å²) in [7, 11) is 0. The van der Waals surface area contributed by atoms with Gasteiger partial charge in [0.15, 0.2) is 0 Å². The van der Waals surface area contributed by atoms with Gasteiger partial charge < -0.3 is 4.74 Å². The Labute approximate surface area is 147 Å². The first-order valence-electron chi connectivity index (χ1n) is 11.0. The first kappa shape index (κ1) is 21.0. The molecule has 1 saturated heterocycles. The largest absolute Gasteiger partial charge is 0.369 e. The van der Waals surface area contributed by atoms with Gasteiger partial charge in [-0.25, -0.2) is 0 Å². The fourth-order valence-corrected chi connectivity index (χ4v) is 3.89. The quantitative estimate of drug-likeness (QED) is 0.197. The summed E-state index contributed by atoms with van der Waals surface area (Å²) < 4.78 is 5.98. The van der Waals surface area contributed by atoms with Crippen LogP contribution in [0.1, 0.15) is 124 Å². The fraction of sp³-hybridized carbons (Fsp3) is 1.00. The van der Waals surface area contributed by atoms with E-state index in [1.165, 1.54) is 103 Å². The average molecular weight is 325 g/mol. The SMILES string of the molecule is CCCCCCCCCCCCC1OC1C(CC)CCCCC. The third kappa shape index (κ3) is 10.4. The fourth-order valence-electron chi connectivity index (χ4n) is 3.89. The molecular weight excluding hydrogens is 280 g/mol. The molecular formula is C22H44O. The lowest BCUT2D eigenvalue weighted by atomic mass is 9.92. The van der Waals surface area contributed by atoms with Crippen molar-refractivity contribution in [1.82, 2.24) is 0 Å². The monoisotopic (exact) mass is 324 g/mol. The second kappa shape index (κ2) is 14.3. The Morgan fingerprint density at radius 1 is 0.652 bits per heavy atom. The van der Waals surface area contributed by atoms with E-state index in [1.54, 1.807) is 0 Å². The highest BCUT2D eigenvalue weighted by molar-refractivity contribution is 4.89. The highest BCUT2D eigenvalue weighted by Gasteiger charge is 2.42. The van der Waals surface area contributed by atoms with Crippen LogP contribution in [-0.4, -0.2) is 12.2 Å². The normalized spacial score (nSPS) is 21.5. The van der Waals surface area contributed by atoms with Gasteiger partial charge in [-0.05, 0) is 18.8 Å². The third-order valence-electron chi connectivity index (χ3n) is 5.63. The van der Waals surface area contributed by atoms with Gasteiger partial charge >= 0.3 is 0 Å². The number of epoxide rings is 1. The summed E-state index contributed by atoms with van der Waals surface area (Å²) in [6.07, 6.45) is 23.7. The van der Waals surface area contributed by atoms with Crippen molar-refractivity contribution < 1.29 is 4.74 Å². The van der Waals surface area contributed by atoms with Crippen LogP contribution in [0.5, 0.6) is 0 Å². The van der Waals surface area contributed by atoms with Crippen molar-refractivity contribution in [2.45, 2.75) is 136 Å². The molecule has 0 bridgehead atoms. The maximum Gasteiger partial charge on any atom is 0.0869 e. The predicted octanol–water partition coefficient (Wildman–Crippen LogP) is 7.67. The summed E-state index contributed by atoms with van der Waals surface area (Å²) in [4.78, 5) is 0. The minimum absolute atomic E-state index is 0.621. The molecule has 0 N–H and O–H groups in total. The molecule has 1 aliphatic heterocycles. The second-order valence-electron chi connectivity index (χ2n) is 7.77. The predicted molar refractivity (Wildman–Crippen MR) is 103 cm³/mol. The zero-order valence-corrected chi connectivity index (χ0v) is 16.5. The Bertz CT molecular complexity index is 250. The van der Waals surface area contributed by atoms with Crippen molar-refractivity contribution in [3.63, 3.8) is 0 Å². The van der Waals surface area contributed by atoms with E-state index in [0.717, 1.165) is 5.92 Å². The van der Waals surface area contributed by atoms with E-state index in [9.17, 15) is 0 Å². The van der Waals surface area contributed by atoms with Crippen molar-refractivity contribution in [2.24, 2.45) is 5.92 Å². The van der Waals surface area contributed by atoms with Crippen LogP contribution < -0.4 is 0 Å². The Balaban J connectivity index is 1.87. The van der Waals surface area contributed by atoms with Crippen LogP contribution >= 0.6 is 0 Å². The van der Waals surface area contributed by atoms with Crippen molar-refractivity contribution in [1.29, 1.82) is 0 Å². The van der Waals surface area contributed by atoms with E-state index in [1.807, 2.05) is 0 Å². The zero-order chi connectivity index (χ0) is 16.8. The molecule has 1 heterocycles. The Hall–Kier alpha value is -0.0400. The minimum atomic E-state index is 0.621. The van der Waals surface area contributed by atoms with Crippen LogP contribution in [0.2, 0.25) is 0 Å². The molecule has 1 rings (SSSR count). The van der Waals surface area contributed by atoms with E-state index in [0.29, 0.717) is 12.2 Å². The summed E-state index contributed by atoms with van der Waals surface area (Å²) in [5, 5.41) is 0. The molecule has 1 fully saturated rings. The first-order chi connectivity index (χ1) is 11.3. The first-order valence-corrected chi connectivity index (χ1v) is 11.0. The van der Waals surface area contributed by atoms with E-state index in [-0.39, 0.29) is 0 Å². The number of unbranched alkanes of at least 4 members (excludes halogenated alkanes) is 11. The van der Waals surface area contributed by atoms with E-state index in [2.05, 4.69) is 20.8 Å².